The molecule has 0 radical (unpaired) electrons. The third kappa shape index (κ3) is 4.22. The van der Waals surface area contributed by atoms with Crippen LogP contribution in [0.5, 0.6) is 0 Å². The number of esters is 1. The maximum atomic E-state index is 14.7. The van der Waals surface area contributed by atoms with Crippen molar-refractivity contribution in [2.75, 3.05) is 24.2 Å². The zero-order valence-electron chi connectivity index (χ0n) is 16.6. The predicted molar refractivity (Wildman–Crippen MR) is 113 cm³/mol. The van der Waals surface area contributed by atoms with Crippen LogP contribution in [-0.4, -0.2) is 35.0 Å². The number of aromatic nitrogens is 1. The van der Waals surface area contributed by atoms with E-state index < -0.39 is 46.3 Å². The van der Waals surface area contributed by atoms with Gasteiger partial charge in [0.05, 0.1) is 39.6 Å². The summed E-state index contributed by atoms with van der Waals surface area (Å²) in [5, 5.41) is 10.8. The Kier molecular flexibility index (Phi) is 6.63. The molecule has 1 unspecified atom stereocenters. The first-order chi connectivity index (χ1) is 15.1. The van der Waals surface area contributed by atoms with Crippen LogP contribution >= 0.6 is 11.6 Å². The molecule has 0 fully saturated rings. The van der Waals surface area contributed by atoms with Crippen LogP contribution < -0.4 is 22.2 Å². The summed E-state index contributed by atoms with van der Waals surface area (Å²) in [6.07, 6.45) is -0.153. The molecule has 32 heavy (non-hydrogen) atoms. The van der Waals surface area contributed by atoms with E-state index in [1.165, 1.54) is 6.92 Å². The molecule has 0 aliphatic rings. The fourth-order valence-corrected chi connectivity index (χ4v) is 3.41. The highest BCUT2D eigenvalue weighted by molar-refractivity contribution is 6.38. The van der Waals surface area contributed by atoms with Crippen LogP contribution in [0, 0.1) is 17.5 Å². The third-order valence-corrected chi connectivity index (χ3v) is 4.80. The normalized spacial score (nSPS) is 12.1. The maximum absolute atomic E-state index is 14.7. The van der Waals surface area contributed by atoms with Crippen LogP contribution in [0.15, 0.2) is 29.2 Å². The van der Waals surface area contributed by atoms with Crippen LogP contribution in [0.2, 0.25) is 5.02 Å². The molecule has 0 spiro atoms. The van der Waals surface area contributed by atoms with Gasteiger partial charge in [-0.25, -0.2) is 18.0 Å². The van der Waals surface area contributed by atoms with E-state index in [4.69, 9.17) is 32.9 Å². The molecular formula is C20H18ClF3N4O4. The van der Waals surface area contributed by atoms with Crippen molar-refractivity contribution in [1.82, 2.24) is 4.57 Å². The lowest BCUT2D eigenvalue weighted by atomic mass is 10.1. The van der Waals surface area contributed by atoms with Gasteiger partial charge in [-0.1, -0.05) is 11.6 Å². The Bertz CT molecular complexity index is 1280. The summed E-state index contributed by atoms with van der Waals surface area (Å²) in [6, 6.07) is 2.24. The Morgan fingerprint density at radius 3 is 2.56 bits per heavy atom. The van der Waals surface area contributed by atoms with Crippen molar-refractivity contribution in [3.8, 4) is 5.69 Å². The molecule has 0 amide bonds. The molecule has 2 aromatic carbocycles. The quantitative estimate of drug-likeness (QED) is 0.247. The fourth-order valence-electron chi connectivity index (χ4n) is 3.06. The summed E-state index contributed by atoms with van der Waals surface area (Å²) in [7, 11) is 0. The lowest BCUT2D eigenvalue weighted by Crippen LogP contribution is -2.28. The molecule has 6 N–H and O–H groups in total. The lowest BCUT2D eigenvalue weighted by molar-refractivity contribution is 0.0353. The number of aliphatic hydroxyl groups is 1. The van der Waals surface area contributed by atoms with Gasteiger partial charge in [-0.2, -0.15) is 0 Å². The first-order valence-electron chi connectivity index (χ1n) is 9.20. The van der Waals surface area contributed by atoms with Gasteiger partial charge in [0.15, 0.2) is 0 Å². The van der Waals surface area contributed by atoms with Gasteiger partial charge < -0.3 is 25.5 Å². The number of benzene rings is 2. The fraction of sp³-hybridized carbons (Fsp3) is 0.200. The molecule has 3 aromatic rings. The Hall–Kier alpha value is -3.28. The van der Waals surface area contributed by atoms with Crippen molar-refractivity contribution in [2.45, 2.75) is 13.2 Å². The summed E-state index contributed by atoms with van der Waals surface area (Å²) in [4.78, 5) is 25.4. The Labute approximate surface area is 184 Å². The van der Waals surface area contributed by atoms with E-state index in [1.807, 2.05) is 0 Å². The minimum Gasteiger partial charge on any atom is -0.443 e. The second-order valence-corrected chi connectivity index (χ2v) is 7.15. The number of hydrogen-bond acceptors (Lipinski definition) is 7. The number of halogens is 4. The summed E-state index contributed by atoms with van der Waals surface area (Å²) in [5.41, 5.74) is 8.19. The SMILES string of the molecule is CC(N)OC(=O)c1cn(-c2cc(N)c(F)cc2F)c2c(Cl)c(NCCO)c(F)cc2c1=O. The first-order valence-corrected chi connectivity index (χ1v) is 9.58. The van der Waals surface area contributed by atoms with Crippen molar-refractivity contribution in [1.29, 1.82) is 0 Å². The highest BCUT2D eigenvalue weighted by Crippen LogP contribution is 2.35. The molecule has 0 aliphatic carbocycles. The lowest BCUT2D eigenvalue weighted by Gasteiger charge is -2.18. The summed E-state index contributed by atoms with van der Waals surface area (Å²) in [5.74, 6) is -4.24. The number of fused-ring (bicyclic) bond motifs is 1. The summed E-state index contributed by atoms with van der Waals surface area (Å²) >= 11 is 6.34. The van der Waals surface area contributed by atoms with E-state index in [9.17, 15) is 22.8 Å². The van der Waals surface area contributed by atoms with Crippen LogP contribution in [0.1, 0.15) is 17.3 Å². The number of nitrogen functional groups attached to an aromatic ring is 1. The number of nitrogens with zero attached hydrogens (tertiary/aromatic N) is 1. The molecule has 170 valence electrons. The molecule has 0 saturated heterocycles. The van der Waals surface area contributed by atoms with E-state index in [-0.39, 0.29) is 40.5 Å². The highest BCUT2D eigenvalue weighted by Gasteiger charge is 2.24. The molecule has 3 rings (SSSR count). The van der Waals surface area contributed by atoms with E-state index >= 15 is 0 Å². The molecule has 1 atom stereocenters. The number of nitrogens with two attached hydrogens (primary N) is 2. The largest absolute Gasteiger partial charge is 0.443 e. The Morgan fingerprint density at radius 1 is 1.25 bits per heavy atom. The van der Waals surface area contributed by atoms with Crippen molar-refractivity contribution in [3.05, 3.63) is 62.7 Å². The second kappa shape index (κ2) is 9.07. The molecular weight excluding hydrogens is 453 g/mol. The number of rotatable bonds is 6. The van der Waals surface area contributed by atoms with Gasteiger partial charge >= 0.3 is 5.97 Å². The molecule has 1 heterocycles. The van der Waals surface area contributed by atoms with Crippen molar-refractivity contribution < 1.29 is 27.8 Å². The summed E-state index contributed by atoms with van der Waals surface area (Å²) < 4.78 is 48.9. The minimum atomic E-state index is -1.14. The topological polar surface area (TPSA) is 133 Å². The van der Waals surface area contributed by atoms with Gasteiger partial charge in [0.1, 0.15) is 29.2 Å². The standard InChI is InChI=1S/C20H18ClF3N4O4/c1-8(25)32-20(31)10-7-28(15-6-14(26)11(22)5-12(15)23)18-9(19(10)30)4-13(24)17(16(18)21)27-2-3-29/h4-8,27,29H,2-3,25-26H2,1H3. The monoisotopic (exact) mass is 470 g/mol. The van der Waals surface area contributed by atoms with Gasteiger partial charge in [0, 0.05) is 18.8 Å². The zero-order chi connectivity index (χ0) is 23.7. The van der Waals surface area contributed by atoms with Crippen LogP contribution in [0.4, 0.5) is 24.5 Å². The van der Waals surface area contributed by atoms with Gasteiger partial charge in [-0.05, 0) is 19.1 Å². The smallest absolute Gasteiger partial charge is 0.345 e. The summed E-state index contributed by atoms with van der Waals surface area (Å²) in [6.45, 7) is 0.905. The molecule has 1 aromatic heterocycles. The first kappa shape index (κ1) is 23.4. The van der Waals surface area contributed by atoms with Gasteiger partial charge in [0.25, 0.3) is 0 Å². The number of hydrogen-bond donors (Lipinski definition) is 4. The third-order valence-electron chi connectivity index (χ3n) is 4.43. The molecule has 12 heteroatoms. The molecule has 8 nitrogen and oxygen atoms in total. The molecule has 0 bridgehead atoms. The van der Waals surface area contributed by atoms with Gasteiger partial charge in [0.2, 0.25) is 5.43 Å². The average molecular weight is 471 g/mol. The van der Waals surface area contributed by atoms with Crippen molar-refractivity contribution in [2.24, 2.45) is 5.73 Å². The molecule has 0 aliphatic heterocycles. The Morgan fingerprint density at radius 2 is 1.94 bits per heavy atom. The molecule has 0 saturated carbocycles. The number of ether oxygens (including phenoxy) is 1. The average Bonchev–Trinajstić information content (AvgIpc) is 2.71. The van der Waals surface area contributed by atoms with Gasteiger partial charge in [-0.3, -0.25) is 10.5 Å². The number of nitrogens with one attached hydrogen (secondary N) is 1. The highest BCUT2D eigenvalue weighted by atomic mass is 35.5. The number of anilines is 2. The maximum Gasteiger partial charge on any atom is 0.345 e. The van der Waals surface area contributed by atoms with E-state index in [1.54, 1.807) is 0 Å². The van der Waals surface area contributed by atoms with E-state index in [0.717, 1.165) is 22.9 Å². The Balaban J connectivity index is 2.46. The second-order valence-electron chi connectivity index (χ2n) is 6.77. The van der Waals surface area contributed by atoms with Gasteiger partial charge in [-0.15, -0.1) is 0 Å². The minimum absolute atomic E-state index is 0.0803. The number of aliphatic hydroxyl groups excluding tert-OH is 1. The predicted octanol–water partition coefficient (Wildman–Crippen LogP) is 2.51. The van der Waals surface area contributed by atoms with Crippen molar-refractivity contribution >= 4 is 39.8 Å². The van der Waals surface area contributed by atoms with Crippen LogP contribution in [-0.2, 0) is 4.74 Å². The number of carbonyl (C=O) groups excluding carboxylic acids is 1. The van der Waals surface area contributed by atoms with Crippen LogP contribution in [0.3, 0.4) is 0 Å². The van der Waals surface area contributed by atoms with E-state index in [2.05, 4.69) is 5.32 Å². The van der Waals surface area contributed by atoms with E-state index in [0.29, 0.717) is 6.07 Å². The van der Waals surface area contributed by atoms with Crippen LogP contribution in [0.25, 0.3) is 16.6 Å². The van der Waals surface area contributed by atoms with Crippen molar-refractivity contribution in [3.63, 3.8) is 0 Å². The number of pyridine rings is 1. The zero-order valence-corrected chi connectivity index (χ0v) is 17.3. The number of carbonyl (C=O) groups is 1.